The van der Waals surface area contributed by atoms with Gasteiger partial charge in [0.15, 0.2) is 0 Å². The third kappa shape index (κ3) is 7.97. The van der Waals surface area contributed by atoms with Crippen LogP contribution >= 0.6 is 0 Å². The summed E-state index contributed by atoms with van der Waals surface area (Å²) in [5.41, 5.74) is 0. The third-order valence-corrected chi connectivity index (χ3v) is 1.43. The second kappa shape index (κ2) is 3.89. The Morgan fingerprint density at radius 1 is 1.44 bits per heavy atom. The average Bonchev–Trinajstić information content (AvgIpc) is 1.63. The number of rotatable bonds is 3. The predicted octanol–water partition coefficient (Wildman–Crippen LogP) is 1.02. The van der Waals surface area contributed by atoms with E-state index in [0.29, 0.717) is 6.42 Å². The molecule has 0 aliphatic carbocycles. The van der Waals surface area contributed by atoms with Gasteiger partial charge in [0.25, 0.3) is 9.76 Å². The Kier molecular flexibility index (Phi) is 3.88. The molecule has 0 aromatic heterocycles. The van der Waals surface area contributed by atoms with Crippen LogP contribution in [0.4, 0.5) is 13.2 Å². The lowest BCUT2D eigenvalue weighted by atomic mass is 10.5. The van der Waals surface area contributed by atoms with Crippen molar-refractivity contribution in [2.45, 2.75) is 19.1 Å². The number of alkyl halides is 3. The highest BCUT2D eigenvalue weighted by atomic mass is 28.2. The van der Waals surface area contributed by atoms with Crippen LogP contribution in [0.15, 0.2) is 0 Å². The minimum atomic E-state index is -4.03. The summed E-state index contributed by atoms with van der Waals surface area (Å²) in [6.07, 6.45) is 0.656. The molecule has 1 nitrogen and oxygen atoms in total. The maximum absolute atomic E-state index is 11.3. The van der Waals surface area contributed by atoms with Gasteiger partial charge in [-0.1, -0.05) is 6.92 Å². The summed E-state index contributed by atoms with van der Waals surface area (Å²) >= 11 is 0. The second-order valence-electron chi connectivity index (χ2n) is 1.67. The zero-order valence-electron chi connectivity index (χ0n) is 5.16. The molecule has 0 unspecified atom stereocenters. The van der Waals surface area contributed by atoms with E-state index in [9.17, 15) is 13.2 Å². The highest BCUT2D eigenvalue weighted by Crippen LogP contribution is 2.11. The van der Waals surface area contributed by atoms with E-state index < -0.39 is 15.6 Å². The van der Waals surface area contributed by atoms with Crippen molar-refractivity contribution in [2.24, 2.45) is 0 Å². The number of hydrogen-bond acceptors (Lipinski definition) is 1. The van der Waals surface area contributed by atoms with Crippen molar-refractivity contribution >= 4 is 9.76 Å². The van der Waals surface area contributed by atoms with E-state index in [-0.39, 0.29) is 6.61 Å². The van der Waals surface area contributed by atoms with Gasteiger partial charge in [-0.3, -0.25) is 0 Å². The topological polar surface area (TPSA) is 9.23 Å². The van der Waals surface area contributed by atoms with E-state index in [1.165, 1.54) is 0 Å². The summed E-state index contributed by atoms with van der Waals surface area (Å²) in [5.74, 6) is -4.03. The van der Waals surface area contributed by atoms with Crippen LogP contribution in [0.1, 0.15) is 13.3 Å². The smallest absolute Gasteiger partial charge is 0.382 e. The van der Waals surface area contributed by atoms with Crippen molar-refractivity contribution in [1.82, 2.24) is 0 Å². The first-order valence-corrected chi connectivity index (χ1v) is 3.99. The second-order valence-corrected chi connectivity index (χ2v) is 3.17. The van der Waals surface area contributed by atoms with Crippen LogP contribution in [0, 0.1) is 0 Å². The molecule has 0 radical (unpaired) electrons. The first-order chi connectivity index (χ1) is 4.06. The van der Waals surface area contributed by atoms with Crippen LogP contribution in [0.3, 0.4) is 0 Å². The molecule has 0 aromatic rings. The molecule has 0 saturated heterocycles. The summed E-state index contributed by atoms with van der Waals surface area (Å²) in [6.45, 7) is 2.02. The van der Waals surface area contributed by atoms with Crippen molar-refractivity contribution in [3.8, 4) is 0 Å². The Labute approximate surface area is 54.1 Å². The van der Waals surface area contributed by atoms with E-state index in [4.69, 9.17) is 0 Å². The van der Waals surface area contributed by atoms with Crippen molar-refractivity contribution in [2.75, 3.05) is 6.61 Å². The molecule has 0 saturated carbocycles. The first-order valence-electron chi connectivity index (χ1n) is 2.70. The lowest BCUT2D eigenvalue weighted by molar-refractivity contribution is -0.0596. The third-order valence-electron chi connectivity index (χ3n) is 0.614. The van der Waals surface area contributed by atoms with Gasteiger partial charge in [0, 0.05) is 6.61 Å². The standard InChI is InChI=1S/C4H9F3OSi/c1-2-3-8-9-4(5,6)7/h2-3,9H2,1H3. The Balaban J connectivity index is 3.07. The maximum Gasteiger partial charge on any atom is 0.382 e. The normalized spacial score (nSPS) is 13.3. The van der Waals surface area contributed by atoms with E-state index in [1.54, 1.807) is 6.92 Å². The van der Waals surface area contributed by atoms with Crippen LogP contribution < -0.4 is 0 Å². The molecular weight excluding hydrogens is 149 g/mol. The lowest BCUT2D eigenvalue weighted by Gasteiger charge is -2.04. The van der Waals surface area contributed by atoms with Gasteiger partial charge in [0.1, 0.15) is 0 Å². The largest absolute Gasteiger partial charge is 0.414 e. The average molecular weight is 158 g/mol. The Hall–Kier alpha value is -0.0331. The molecule has 0 N–H and O–H groups in total. The fourth-order valence-corrected chi connectivity index (χ4v) is 0.997. The van der Waals surface area contributed by atoms with Gasteiger partial charge in [-0.05, 0) is 6.42 Å². The van der Waals surface area contributed by atoms with Crippen molar-refractivity contribution in [3.63, 3.8) is 0 Å². The molecule has 0 bridgehead atoms. The molecule has 0 spiro atoms. The Bertz CT molecular complexity index is 72.7. The summed E-state index contributed by atoms with van der Waals surface area (Å²) in [4.78, 5) is 0. The van der Waals surface area contributed by atoms with Crippen LogP contribution in [-0.4, -0.2) is 22.2 Å². The number of hydrogen-bond donors (Lipinski definition) is 0. The fraction of sp³-hybridized carbons (Fsp3) is 1.00. The van der Waals surface area contributed by atoms with Gasteiger partial charge >= 0.3 is 5.80 Å². The quantitative estimate of drug-likeness (QED) is 0.440. The molecule has 5 heteroatoms. The van der Waals surface area contributed by atoms with Crippen molar-refractivity contribution < 1.29 is 17.6 Å². The molecule has 9 heavy (non-hydrogen) atoms. The Morgan fingerprint density at radius 2 is 2.00 bits per heavy atom. The Morgan fingerprint density at radius 3 is 2.33 bits per heavy atom. The SMILES string of the molecule is CCCO[SiH2]C(F)(F)F. The molecule has 0 amide bonds. The van der Waals surface area contributed by atoms with E-state index in [2.05, 4.69) is 4.43 Å². The van der Waals surface area contributed by atoms with Crippen molar-refractivity contribution in [1.29, 1.82) is 0 Å². The monoisotopic (exact) mass is 158 g/mol. The van der Waals surface area contributed by atoms with E-state index in [1.807, 2.05) is 0 Å². The molecule has 0 rings (SSSR count). The highest BCUT2D eigenvalue weighted by Gasteiger charge is 2.27. The lowest BCUT2D eigenvalue weighted by Crippen LogP contribution is -2.21. The molecular formula is C4H9F3OSi. The van der Waals surface area contributed by atoms with Gasteiger partial charge in [-0.25, -0.2) is 0 Å². The van der Waals surface area contributed by atoms with Crippen LogP contribution in [0.5, 0.6) is 0 Å². The molecule has 0 heterocycles. The molecule has 0 fully saturated rings. The zero-order chi connectivity index (χ0) is 7.33. The van der Waals surface area contributed by atoms with Gasteiger partial charge < -0.3 is 4.43 Å². The number of halogens is 3. The van der Waals surface area contributed by atoms with E-state index in [0.717, 1.165) is 0 Å². The summed E-state index contributed by atoms with van der Waals surface area (Å²) in [6, 6.07) is 0. The van der Waals surface area contributed by atoms with Gasteiger partial charge in [-0.2, -0.15) is 13.2 Å². The highest BCUT2D eigenvalue weighted by molar-refractivity contribution is 6.29. The van der Waals surface area contributed by atoms with Crippen LogP contribution in [0.2, 0.25) is 0 Å². The predicted molar refractivity (Wildman–Crippen MR) is 30.8 cm³/mol. The van der Waals surface area contributed by atoms with Crippen LogP contribution in [-0.2, 0) is 4.43 Å². The van der Waals surface area contributed by atoms with Crippen LogP contribution in [0.25, 0.3) is 0 Å². The van der Waals surface area contributed by atoms with Gasteiger partial charge in [0.2, 0.25) is 0 Å². The summed E-state index contributed by atoms with van der Waals surface area (Å²) < 4.78 is 38.3. The molecule has 0 aliphatic heterocycles. The molecule has 56 valence electrons. The molecule has 0 atom stereocenters. The first kappa shape index (κ1) is 8.97. The summed E-state index contributed by atoms with van der Waals surface area (Å²) in [5, 5.41) is 0. The zero-order valence-corrected chi connectivity index (χ0v) is 6.58. The van der Waals surface area contributed by atoms with Gasteiger partial charge in [-0.15, -0.1) is 0 Å². The van der Waals surface area contributed by atoms with Gasteiger partial charge in [0.05, 0.1) is 0 Å². The fourth-order valence-electron chi connectivity index (χ4n) is 0.332. The minimum absolute atomic E-state index is 0.242. The molecule has 0 aromatic carbocycles. The maximum atomic E-state index is 11.3. The summed E-state index contributed by atoms with van der Waals surface area (Å²) in [7, 11) is -2.26. The minimum Gasteiger partial charge on any atom is -0.414 e. The van der Waals surface area contributed by atoms with E-state index >= 15 is 0 Å². The molecule has 0 aliphatic rings. The van der Waals surface area contributed by atoms with Crippen molar-refractivity contribution in [3.05, 3.63) is 0 Å².